The summed E-state index contributed by atoms with van der Waals surface area (Å²) in [7, 11) is 0. The maximum absolute atomic E-state index is 4.44. The van der Waals surface area contributed by atoms with Crippen LogP contribution in [0.15, 0.2) is 58.0 Å². The average molecular weight is 274 g/mol. The van der Waals surface area contributed by atoms with E-state index in [-0.39, 0.29) is 0 Å². The molecule has 0 saturated carbocycles. The Hall–Kier alpha value is -1.41. The maximum Gasteiger partial charge on any atom is 0.0632 e. The molecule has 0 bridgehead atoms. The summed E-state index contributed by atoms with van der Waals surface area (Å²) >= 11 is 3.49. The van der Waals surface area contributed by atoms with Crippen LogP contribution in [0.2, 0.25) is 0 Å². The third-order valence-electron chi connectivity index (χ3n) is 2.26. The topological polar surface area (TPSA) is 12.4 Å². The predicted octanol–water partition coefficient (Wildman–Crippen LogP) is 4.51. The fourth-order valence-electron chi connectivity index (χ4n) is 1.43. The van der Waals surface area contributed by atoms with E-state index in [1.165, 1.54) is 5.56 Å². The van der Waals surface area contributed by atoms with E-state index >= 15 is 0 Å². The fraction of sp³-hybridized carbons (Fsp3) is 0.0714. The molecule has 0 N–H and O–H groups in total. The summed E-state index contributed by atoms with van der Waals surface area (Å²) in [5, 5.41) is 0. The van der Waals surface area contributed by atoms with Gasteiger partial charge in [0.15, 0.2) is 0 Å². The van der Waals surface area contributed by atoms with E-state index in [4.69, 9.17) is 0 Å². The molecule has 0 saturated heterocycles. The third kappa shape index (κ3) is 2.80. The van der Waals surface area contributed by atoms with Crippen LogP contribution in [0.3, 0.4) is 0 Å². The first-order valence-corrected chi connectivity index (χ1v) is 5.90. The summed E-state index contributed by atoms with van der Waals surface area (Å²) < 4.78 is 1.06. The first-order valence-electron chi connectivity index (χ1n) is 5.11. The molecule has 0 spiro atoms. The van der Waals surface area contributed by atoms with Gasteiger partial charge in [0.05, 0.1) is 5.69 Å². The van der Waals surface area contributed by atoms with Crippen molar-refractivity contribution in [3.8, 4) is 0 Å². The zero-order valence-electron chi connectivity index (χ0n) is 9.02. The predicted molar refractivity (Wildman–Crippen MR) is 72.6 cm³/mol. The number of hydrogen-bond donors (Lipinski definition) is 0. The summed E-state index contributed by atoms with van der Waals surface area (Å²) in [6, 6.07) is 16.2. The lowest BCUT2D eigenvalue weighted by atomic mass is 10.2. The summed E-state index contributed by atoms with van der Waals surface area (Å²) in [4.78, 5) is 4.44. The Kier molecular flexibility index (Phi) is 3.52. The summed E-state index contributed by atoms with van der Waals surface area (Å²) in [6.45, 7) is 2.07. The van der Waals surface area contributed by atoms with Crippen LogP contribution in [0.1, 0.15) is 11.1 Å². The first-order chi connectivity index (χ1) is 7.75. The average Bonchev–Trinajstić information content (AvgIpc) is 2.28. The lowest BCUT2D eigenvalue weighted by Gasteiger charge is -1.97. The first kappa shape index (κ1) is 11.1. The highest BCUT2D eigenvalue weighted by Crippen LogP contribution is 2.17. The van der Waals surface area contributed by atoms with Crippen LogP contribution in [0.4, 0.5) is 5.69 Å². The Balaban J connectivity index is 2.25. The number of aliphatic imine (C=N–C) groups is 1. The Bertz CT molecular complexity index is 518. The fourth-order valence-corrected chi connectivity index (χ4v) is 1.82. The molecule has 0 fully saturated rings. The van der Waals surface area contributed by atoms with Gasteiger partial charge in [-0.2, -0.15) is 0 Å². The minimum atomic E-state index is 0.982. The van der Waals surface area contributed by atoms with E-state index in [2.05, 4.69) is 40.0 Å². The van der Waals surface area contributed by atoms with Crippen LogP contribution in [-0.2, 0) is 0 Å². The van der Waals surface area contributed by atoms with Crippen molar-refractivity contribution in [1.29, 1.82) is 0 Å². The highest BCUT2D eigenvalue weighted by atomic mass is 79.9. The number of aryl methyl sites for hydroxylation is 1. The zero-order chi connectivity index (χ0) is 11.4. The normalized spacial score (nSPS) is 10.9. The SMILES string of the molecule is Cc1cccc(N=Cc2ccccc2Br)c1. The van der Waals surface area contributed by atoms with Crippen molar-refractivity contribution >= 4 is 27.8 Å². The highest BCUT2D eigenvalue weighted by molar-refractivity contribution is 9.10. The molecule has 2 rings (SSSR count). The van der Waals surface area contributed by atoms with Crippen molar-refractivity contribution in [3.63, 3.8) is 0 Å². The number of hydrogen-bond acceptors (Lipinski definition) is 1. The van der Waals surface area contributed by atoms with Gasteiger partial charge >= 0.3 is 0 Å². The largest absolute Gasteiger partial charge is 0.256 e. The van der Waals surface area contributed by atoms with E-state index in [1.54, 1.807) is 0 Å². The molecular formula is C14H12BrN. The van der Waals surface area contributed by atoms with Gasteiger partial charge < -0.3 is 0 Å². The molecule has 80 valence electrons. The number of benzene rings is 2. The van der Waals surface area contributed by atoms with Crippen molar-refractivity contribution in [2.45, 2.75) is 6.92 Å². The number of halogens is 1. The Morgan fingerprint density at radius 1 is 1.06 bits per heavy atom. The van der Waals surface area contributed by atoms with Crippen LogP contribution in [-0.4, -0.2) is 6.21 Å². The molecule has 0 amide bonds. The molecule has 0 radical (unpaired) electrons. The number of rotatable bonds is 2. The van der Waals surface area contributed by atoms with Crippen LogP contribution in [0.5, 0.6) is 0 Å². The summed E-state index contributed by atoms with van der Waals surface area (Å²) in [6.07, 6.45) is 1.87. The van der Waals surface area contributed by atoms with E-state index in [0.717, 1.165) is 15.7 Å². The molecule has 2 aromatic carbocycles. The zero-order valence-corrected chi connectivity index (χ0v) is 10.6. The van der Waals surface area contributed by atoms with Gasteiger partial charge in [-0.25, -0.2) is 0 Å². The molecule has 0 atom stereocenters. The second kappa shape index (κ2) is 5.08. The smallest absolute Gasteiger partial charge is 0.0632 e. The van der Waals surface area contributed by atoms with E-state index in [9.17, 15) is 0 Å². The quantitative estimate of drug-likeness (QED) is 0.714. The molecule has 0 aliphatic rings. The Morgan fingerprint density at radius 2 is 1.88 bits per heavy atom. The van der Waals surface area contributed by atoms with Crippen molar-refractivity contribution in [2.75, 3.05) is 0 Å². The van der Waals surface area contributed by atoms with Crippen LogP contribution < -0.4 is 0 Å². The van der Waals surface area contributed by atoms with Gasteiger partial charge in [-0.1, -0.05) is 46.3 Å². The monoisotopic (exact) mass is 273 g/mol. The lowest BCUT2D eigenvalue weighted by molar-refractivity contribution is 1.43. The summed E-state index contributed by atoms with van der Waals surface area (Å²) in [5.41, 5.74) is 3.29. The molecule has 0 unspecified atom stereocenters. The minimum absolute atomic E-state index is 0.982. The van der Waals surface area contributed by atoms with Crippen molar-refractivity contribution in [2.24, 2.45) is 4.99 Å². The van der Waals surface area contributed by atoms with Crippen molar-refractivity contribution < 1.29 is 0 Å². The van der Waals surface area contributed by atoms with Crippen molar-refractivity contribution in [1.82, 2.24) is 0 Å². The minimum Gasteiger partial charge on any atom is -0.256 e. The van der Waals surface area contributed by atoms with Crippen molar-refractivity contribution in [3.05, 3.63) is 64.1 Å². The Labute approximate surface area is 104 Å². The number of nitrogens with zero attached hydrogens (tertiary/aromatic N) is 1. The molecule has 0 aromatic heterocycles. The second-order valence-electron chi connectivity index (χ2n) is 3.62. The molecular weight excluding hydrogens is 262 g/mol. The van der Waals surface area contributed by atoms with Gasteiger partial charge in [0.1, 0.15) is 0 Å². The van der Waals surface area contributed by atoms with E-state index in [1.807, 2.05) is 42.6 Å². The molecule has 1 nitrogen and oxygen atoms in total. The molecule has 0 aliphatic carbocycles. The maximum atomic E-state index is 4.44. The standard InChI is InChI=1S/C14H12BrN/c1-11-5-4-7-13(9-11)16-10-12-6-2-3-8-14(12)15/h2-10H,1H3. The molecule has 0 aliphatic heterocycles. The van der Waals surface area contributed by atoms with Gasteiger partial charge in [-0.15, -0.1) is 0 Å². The van der Waals surface area contributed by atoms with E-state index < -0.39 is 0 Å². The van der Waals surface area contributed by atoms with E-state index in [0.29, 0.717) is 0 Å². The van der Waals surface area contributed by atoms with Gasteiger partial charge in [-0.3, -0.25) is 4.99 Å². The van der Waals surface area contributed by atoms with Gasteiger partial charge in [0.25, 0.3) is 0 Å². The van der Waals surface area contributed by atoms with Gasteiger partial charge in [-0.05, 0) is 30.7 Å². The van der Waals surface area contributed by atoms with Gasteiger partial charge in [0.2, 0.25) is 0 Å². The highest BCUT2D eigenvalue weighted by Gasteiger charge is 1.94. The molecule has 0 heterocycles. The molecule has 2 aromatic rings. The Morgan fingerprint density at radius 3 is 2.62 bits per heavy atom. The second-order valence-corrected chi connectivity index (χ2v) is 4.47. The van der Waals surface area contributed by atoms with Crippen LogP contribution in [0, 0.1) is 6.92 Å². The lowest BCUT2D eigenvalue weighted by Crippen LogP contribution is -1.81. The van der Waals surface area contributed by atoms with Crippen LogP contribution in [0.25, 0.3) is 0 Å². The van der Waals surface area contributed by atoms with Gasteiger partial charge in [0, 0.05) is 16.3 Å². The molecule has 16 heavy (non-hydrogen) atoms. The van der Waals surface area contributed by atoms with Crippen LogP contribution >= 0.6 is 15.9 Å². The summed E-state index contributed by atoms with van der Waals surface area (Å²) in [5.74, 6) is 0. The molecule has 2 heteroatoms. The third-order valence-corrected chi connectivity index (χ3v) is 2.98.